The zero-order chi connectivity index (χ0) is 18.2. The highest BCUT2D eigenvalue weighted by Gasteiger charge is 2.13. The predicted molar refractivity (Wildman–Crippen MR) is 116 cm³/mol. The lowest BCUT2D eigenvalue weighted by Crippen LogP contribution is -2.12. The van der Waals surface area contributed by atoms with Gasteiger partial charge in [0.15, 0.2) is 11.5 Å². The van der Waals surface area contributed by atoms with Gasteiger partial charge < -0.3 is 14.8 Å². The molecule has 0 aliphatic carbocycles. The molecule has 3 rings (SSSR count). The summed E-state index contributed by atoms with van der Waals surface area (Å²) in [7, 11) is 0. The molecule has 0 saturated carbocycles. The van der Waals surface area contributed by atoms with Crippen LogP contribution in [0.5, 0.6) is 11.5 Å². The fraction of sp³-hybridized carbons (Fsp3) is 0.238. The van der Waals surface area contributed by atoms with E-state index in [4.69, 9.17) is 21.1 Å². The summed E-state index contributed by atoms with van der Waals surface area (Å²) in [5.41, 5.74) is 2.16. The molecule has 0 spiro atoms. The van der Waals surface area contributed by atoms with Gasteiger partial charge in [-0.2, -0.15) is 0 Å². The van der Waals surface area contributed by atoms with Gasteiger partial charge in [-0.3, -0.25) is 0 Å². The molecule has 27 heavy (non-hydrogen) atoms. The molecule has 3 aromatic rings. The van der Waals surface area contributed by atoms with Crippen LogP contribution in [-0.2, 0) is 19.7 Å². The molecule has 3 nitrogen and oxygen atoms in total. The van der Waals surface area contributed by atoms with Crippen molar-refractivity contribution in [1.29, 1.82) is 0 Å². The van der Waals surface area contributed by atoms with E-state index in [0.717, 1.165) is 24.2 Å². The number of benzene rings is 2. The smallest absolute Gasteiger partial charge is 0.180 e. The third kappa shape index (κ3) is 6.43. The maximum absolute atomic E-state index is 6.48. The van der Waals surface area contributed by atoms with Crippen molar-refractivity contribution in [1.82, 2.24) is 5.32 Å². The van der Waals surface area contributed by atoms with Gasteiger partial charge in [0.05, 0.1) is 11.6 Å². The average Bonchev–Trinajstić information content (AvgIpc) is 3.16. The lowest BCUT2D eigenvalue weighted by molar-refractivity contribution is 0.269. The number of nitrogens with one attached hydrogen (secondary N) is 1. The normalized spacial score (nSPS) is 10.3. The molecule has 0 aliphatic heterocycles. The largest absolute Gasteiger partial charge is 0.490 e. The third-order valence-corrected chi connectivity index (χ3v) is 4.96. The zero-order valence-corrected chi connectivity index (χ0v) is 17.5. The van der Waals surface area contributed by atoms with E-state index in [1.54, 1.807) is 11.3 Å². The number of ether oxygens (including phenoxy) is 2. The number of rotatable bonds is 9. The fourth-order valence-corrected chi connectivity index (χ4v) is 3.56. The number of halogens is 2. The minimum absolute atomic E-state index is 0. The van der Waals surface area contributed by atoms with Gasteiger partial charge in [0.25, 0.3) is 0 Å². The Kier molecular flexibility index (Phi) is 8.95. The number of thiophene rings is 1. The Morgan fingerprint density at radius 1 is 0.963 bits per heavy atom. The Morgan fingerprint density at radius 3 is 2.48 bits per heavy atom. The van der Waals surface area contributed by atoms with Gasteiger partial charge >= 0.3 is 0 Å². The first-order chi connectivity index (χ1) is 12.8. The Bertz CT molecular complexity index is 811. The van der Waals surface area contributed by atoms with Gasteiger partial charge in [-0.1, -0.05) is 48.0 Å². The predicted octanol–water partition coefficient (Wildman–Crippen LogP) is 6.09. The molecule has 1 N–H and O–H groups in total. The summed E-state index contributed by atoms with van der Waals surface area (Å²) in [5.74, 6) is 1.28. The Hall–Kier alpha value is -1.72. The maximum Gasteiger partial charge on any atom is 0.180 e. The van der Waals surface area contributed by atoms with Crippen molar-refractivity contribution in [3.63, 3.8) is 0 Å². The third-order valence-electron chi connectivity index (χ3n) is 3.80. The molecular weight excluding hydrogens is 401 g/mol. The van der Waals surface area contributed by atoms with E-state index in [0.29, 0.717) is 29.7 Å². The van der Waals surface area contributed by atoms with Crippen molar-refractivity contribution in [2.24, 2.45) is 0 Å². The van der Waals surface area contributed by atoms with E-state index in [1.165, 1.54) is 4.88 Å². The molecule has 6 heteroatoms. The summed E-state index contributed by atoms with van der Waals surface area (Å²) in [6.45, 7) is 4.53. The topological polar surface area (TPSA) is 30.5 Å². The van der Waals surface area contributed by atoms with Crippen LogP contribution in [0.4, 0.5) is 0 Å². The van der Waals surface area contributed by atoms with Crippen molar-refractivity contribution in [3.05, 3.63) is 81.0 Å². The van der Waals surface area contributed by atoms with E-state index >= 15 is 0 Å². The average molecular weight is 424 g/mol. The second-order valence-electron chi connectivity index (χ2n) is 5.80. The molecule has 0 fully saturated rings. The van der Waals surface area contributed by atoms with Crippen LogP contribution in [0, 0.1) is 0 Å². The lowest BCUT2D eigenvalue weighted by Gasteiger charge is -2.15. The van der Waals surface area contributed by atoms with Gasteiger partial charge in [-0.15, -0.1) is 23.7 Å². The summed E-state index contributed by atoms with van der Waals surface area (Å²) in [4.78, 5) is 1.31. The lowest BCUT2D eigenvalue weighted by atomic mass is 10.2. The van der Waals surface area contributed by atoms with Crippen molar-refractivity contribution < 1.29 is 9.47 Å². The second kappa shape index (κ2) is 11.2. The summed E-state index contributed by atoms with van der Waals surface area (Å²) < 4.78 is 11.7. The summed E-state index contributed by atoms with van der Waals surface area (Å²) in [6.07, 6.45) is 0. The monoisotopic (exact) mass is 423 g/mol. The number of hydrogen-bond acceptors (Lipinski definition) is 4. The van der Waals surface area contributed by atoms with E-state index in [2.05, 4.69) is 22.8 Å². The van der Waals surface area contributed by atoms with Crippen LogP contribution in [0.2, 0.25) is 5.02 Å². The highest BCUT2D eigenvalue weighted by Crippen LogP contribution is 2.37. The SMILES string of the molecule is CCOc1cc(CNCc2cccs2)cc(Cl)c1OCc1ccccc1.Cl. The van der Waals surface area contributed by atoms with Crippen molar-refractivity contribution in [2.45, 2.75) is 26.6 Å². The molecule has 0 radical (unpaired) electrons. The quantitative estimate of drug-likeness (QED) is 0.451. The fourth-order valence-electron chi connectivity index (χ4n) is 2.60. The zero-order valence-electron chi connectivity index (χ0n) is 15.1. The van der Waals surface area contributed by atoms with Crippen LogP contribution in [0.25, 0.3) is 0 Å². The van der Waals surface area contributed by atoms with Crippen molar-refractivity contribution >= 4 is 35.3 Å². The highest BCUT2D eigenvalue weighted by molar-refractivity contribution is 7.09. The molecular formula is C21H23Cl2NO2S. The highest BCUT2D eigenvalue weighted by atomic mass is 35.5. The Morgan fingerprint density at radius 2 is 1.78 bits per heavy atom. The van der Waals surface area contributed by atoms with Gasteiger partial charge in [0.1, 0.15) is 6.61 Å². The van der Waals surface area contributed by atoms with Gasteiger partial charge in [-0.25, -0.2) is 0 Å². The molecule has 2 aromatic carbocycles. The van der Waals surface area contributed by atoms with Gasteiger partial charge in [-0.05, 0) is 41.6 Å². The standard InChI is InChI=1S/C21H22ClNO2S.ClH/c1-2-24-20-12-17(13-23-14-18-9-6-10-26-18)11-19(22)21(20)25-15-16-7-4-3-5-8-16;/h3-12,23H,2,13-15H2,1H3;1H. The van der Waals surface area contributed by atoms with E-state index < -0.39 is 0 Å². The van der Waals surface area contributed by atoms with Crippen molar-refractivity contribution in [2.75, 3.05) is 6.61 Å². The molecule has 1 aromatic heterocycles. The van der Waals surface area contributed by atoms with E-state index in [1.807, 2.05) is 49.4 Å². The molecule has 0 bridgehead atoms. The van der Waals surface area contributed by atoms with E-state index in [9.17, 15) is 0 Å². The van der Waals surface area contributed by atoms with Crippen molar-refractivity contribution in [3.8, 4) is 11.5 Å². The molecule has 0 saturated heterocycles. The molecule has 0 amide bonds. The van der Waals surface area contributed by atoms with Crippen LogP contribution in [0.3, 0.4) is 0 Å². The second-order valence-corrected chi connectivity index (χ2v) is 7.23. The molecule has 0 unspecified atom stereocenters. The first-order valence-electron chi connectivity index (χ1n) is 8.61. The molecule has 0 atom stereocenters. The first-order valence-corrected chi connectivity index (χ1v) is 9.87. The summed E-state index contributed by atoms with van der Waals surface area (Å²) in [5, 5.41) is 6.09. The Balaban J connectivity index is 0.00000261. The van der Waals surface area contributed by atoms with E-state index in [-0.39, 0.29) is 12.4 Å². The minimum Gasteiger partial charge on any atom is -0.490 e. The van der Waals surface area contributed by atoms with Gasteiger partial charge in [0, 0.05) is 18.0 Å². The minimum atomic E-state index is 0. The van der Waals surface area contributed by atoms with Crippen LogP contribution >= 0.6 is 35.3 Å². The van der Waals surface area contributed by atoms with Crippen LogP contribution < -0.4 is 14.8 Å². The molecule has 0 aliphatic rings. The number of hydrogen-bond donors (Lipinski definition) is 1. The van der Waals surface area contributed by atoms with Gasteiger partial charge in [0.2, 0.25) is 0 Å². The molecule has 144 valence electrons. The summed E-state index contributed by atoms with van der Waals surface area (Å²) >= 11 is 8.23. The Labute approximate surface area is 175 Å². The van der Waals surface area contributed by atoms with Crippen LogP contribution in [0.15, 0.2) is 60.0 Å². The maximum atomic E-state index is 6.48. The van der Waals surface area contributed by atoms with Crippen LogP contribution in [-0.4, -0.2) is 6.61 Å². The van der Waals surface area contributed by atoms with Crippen LogP contribution in [0.1, 0.15) is 22.9 Å². The first kappa shape index (κ1) is 21.6. The molecule has 1 heterocycles. The summed E-state index contributed by atoms with van der Waals surface area (Å²) in [6, 6.07) is 18.1.